The predicted octanol–water partition coefficient (Wildman–Crippen LogP) is 0.388. The summed E-state index contributed by atoms with van der Waals surface area (Å²) in [5.74, 6) is 1.13. The molecule has 3 heterocycles. The molecule has 3 rings (SSSR count). The normalized spacial score (nSPS) is 19.1. The van der Waals surface area contributed by atoms with Gasteiger partial charge in [0.15, 0.2) is 5.65 Å². The summed E-state index contributed by atoms with van der Waals surface area (Å²) in [6, 6.07) is 5.81. The lowest BCUT2D eigenvalue weighted by Gasteiger charge is -2.21. The number of aromatic nitrogens is 3. The number of nitrogens with zero attached hydrogens (tertiary/aromatic N) is 3. The first-order chi connectivity index (χ1) is 9.84. The largest absolute Gasteiger partial charge is 0.355 e. The van der Waals surface area contributed by atoms with Gasteiger partial charge in [0, 0.05) is 25.7 Å². The molecule has 0 spiro atoms. The van der Waals surface area contributed by atoms with Crippen molar-refractivity contribution in [2.24, 2.45) is 5.92 Å². The number of hydrogen-bond acceptors (Lipinski definition) is 4. The molecular weight excluding hydrogens is 254 g/mol. The third-order valence-corrected chi connectivity index (χ3v) is 3.70. The summed E-state index contributed by atoms with van der Waals surface area (Å²) >= 11 is 0. The zero-order valence-electron chi connectivity index (χ0n) is 11.4. The van der Waals surface area contributed by atoms with Gasteiger partial charge < -0.3 is 10.6 Å². The molecule has 0 bridgehead atoms. The molecule has 0 radical (unpaired) electrons. The van der Waals surface area contributed by atoms with E-state index in [0.29, 0.717) is 13.0 Å². The van der Waals surface area contributed by atoms with E-state index in [0.717, 1.165) is 37.4 Å². The van der Waals surface area contributed by atoms with Crippen LogP contribution in [0.1, 0.15) is 18.7 Å². The molecule has 6 heteroatoms. The third kappa shape index (κ3) is 2.80. The topological polar surface area (TPSA) is 71.3 Å². The highest BCUT2D eigenvalue weighted by atomic mass is 16.1. The Morgan fingerprint density at radius 3 is 3.25 bits per heavy atom. The smallest absolute Gasteiger partial charge is 0.224 e. The Morgan fingerprint density at radius 2 is 2.40 bits per heavy atom. The van der Waals surface area contributed by atoms with Gasteiger partial charge in [0.25, 0.3) is 0 Å². The number of carbonyl (C=O) groups is 1. The average Bonchev–Trinajstić information content (AvgIpc) is 2.92. The summed E-state index contributed by atoms with van der Waals surface area (Å²) < 4.78 is 1.95. The molecule has 2 aromatic rings. The first kappa shape index (κ1) is 13.1. The van der Waals surface area contributed by atoms with Crippen LogP contribution in [0.25, 0.3) is 5.65 Å². The van der Waals surface area contributed by atoms with Crippen molar-refractivity contribution in [2.45, 2.75) is 19.3 Å². The number of amides is 1. The van der Waals surface area contributed by atoms with Gasteiger partial charge >= 0.3 is 0 Å². The van der Waals surface area contributed by atoms with E-state index in [1.807, 2.05) is 28.8 Å². The van der Waals surface area contributed by atoms with E-state index in [9.17, 15) is 4.79 Å². The average molecular weight is 273 g/mol. The Morgan fingerprint density at radius 1 is 1.45 bits per heavy atom. The summed E-state index contributed by atoms with van der Waals surface area (Å²) in [5.41, 5.74) is 0.838. The summed E-state index contributed by atoms with van der Waals surface area (Å²) in [4.78, 5) is 12.0. The van der Waals surface area contributed by atoms with Crippen molar-refractivity contribution in [3.05, 3.63) is 30.2 Å². The second-order valence-corrected chi connectivity index (χ2v) is 5.13. The fourth-order valence-electron chi connectivity index (χ4n) is 2.58. The number of nitrogens with one attached hydrogen (secondary N) is 2. The van der Waals surface area contributed by atoms with Crippen molar-refractivity contribution in [1.82, 2.24) is 25.2 Å². The lowest BCUT2D eigenvalue weighted by Crippen LogP contribution is -2.41. The molecule has 2 N–H and O–H groups in total. The molecule has 2 aromatic heterocycles. The molecule has 6 nitrogen and oxygen atoms in total. The van der Waals surface area contributed by atoms with Gasteiger partial charge in [0.05, 0.1) is 5.92 Å². The van der Waals surface area contributed by atoms with E-state index < -0.39 is 0 Å². The lowest BCUT2D eigenvalue weighted by molar-refractivity contribution is -0.125. The van der Waals surface area contributed by atoms with Gasteiger partial charge in [-0.05, 0) is 31.5 Å². The summed E-state index contributed by atoms with van der Waals surface area (Å²) in [7, 11) is 0. The van der Waals surface area contributed by atoms with Crippen LogP contribution in [-0.2, 0) is 11.2 Å². The molecule has 1 amide bonds. The predicted molar refractivity (Wildman–Crippen MR) is 75.3 cm³/mol. The molecule has 1 atom stereocenters. The van der Waals surface area contributed by atoms with Gasteiger partial charge in [0.1, 0.15) is 5.82 Å². The monoisotopic (exact) mass is 273 g/mol. The Hall–Kier alpha value is -1.95. The Labute approximate surface area is 117 Å². The van der Waals surface area contributed by atoms with Gasteiger partial charge in [-0.15, -0.1) is 10.2 Å². The molecule has 0 aliphatic carbocycles. The highest BCUT2D eigenvalue weighted by molar-refractivity contribution is 5.78. The highest BCUT2D eigenvalue weighted by Crippen LogP contribution is 2.09. The number of rotatable bonds is 4. The molecule has 1 fully saturated rings. The fraction of sp³-hybridized carbons (Fsp3) is 0.500. The van der Waals surface area contributed by atoms with E-state index in [-0.39, 0.29) is 11.8 Å². The lowest BCUT2D eigenvalue weighted by atomic mass is 9.99. The molecule has 1 aliphatic rings. The van der Waals surface area contributed by atoms with Crippen molar-refractivity contribution in [1.29, 1.82) is 0 Å². The van der Waals surface area contributed by atoms with Crippen molar-refractivity contribution in [3.63, 3.8) is 0 Å². The van der Waals surface area contributed by atoms with Crippen LogP contribution in [0.15, 0.2) is 24.4 Å². The van der Waals surface area contributed by atoms with Crippen LogP contribution < -0.4 is 10.6 Å². The van der Waals surface area contributed by atoms with E-state index in [1.165, 1.54) is 0 Å². The molecule has 1 saturated heterocycles. The minimum Gasteiger partial charge on any atom is -0.355 e. The zero-order chi connectivity index (χ0) is 13.8. The summed E-state index contributed by atoms with van der Waals surface area (Å²) in [6.45, 7) is 2.42. The maximum absolute atomic E-state index is 12.0. The maximum atomic E-state index is 12.0. The van der Waals surface area contributed by atoms with Gasteiger partial charge in [-0.2, -0.15) is 0 Å². The first-order valence-corrected chi connectivity index (χ1v) is 7.11. The molecule has 1 aliphatic heterocycles. The number of carbonyl (C=O) groups excluding carboxylic acids is 1. The van der Waals surface area contributed by atoms with E-state index >= 15 is 0 Å². The summed E-state index contributed by atoms with van der Waals surface area (Å²) in [6.07, 6.45) is 4.69. The van der Waals surface area contributed by atoms with Crippen molar-refractivity contribution in [3.8, 4) is 0 Å². The van der Waals surface area contributed by atoms with E-state index in [4.69, 9.17) is 0 Å². The fourth-order valence-corrected chi connectivity index (χ4v) is 2.58. The van der Waals surface area contributed by atoms with Gasteiger partial charge in [-0.3, -0.25) is 9.20 Å². The highest BCUT2D eigenvalue weighted by Gasteiger charge is 2.20. The van der Waals surface area contributed by atoms with Crippen LogP contribution in [0, 0.1) is 5.92 Å². The van der Waals surface area contributed by atoms with Crippen molar-refractivity contribution >= 4 is 11.6 Å². The van der Waals surface area contributed by atoms with Gasteiger partial charge in [0.2, 0.25) is 5.91 Å². The molecule has 1 unspecified atom stereocenters. The number of piperidine rings is 1. The Bertz CT molecular complexity index is 588. The Kier molecular flexibility index (Phi) is 3.92. The zero-order valence-corrected chi connectivity index (χ0v) is 11.4. The van der Waals surface area contributed by atoms with Gasteiger partial charge in [-0.25, -0.2) is 0 Å². The third-order valence-electron chi connectivity index (χ3n) is 3.70. The molecular formula is C14H19N5O. The Balaban J connectivity index is 1.53. The number of fused-ring (bicyclic) bond motifs is 1. The SMILES string of the molecule is O=C(NCCc1nnc2ccccn12)C1CCCNC1. The molecule has 106 valence electrons. The van der Waals surface area contributed by atoms with Crippen LogP contribution in [-0.4, -0.2) is 40.1 Å². The molecule has 0 saturated carbocycles. The molecule has 20 heavy (non-hydrogen) atoms. The maximum Gasteiger partial charge on any atom is 0.224 e. The van der Waals surface area contributed by atoms with E-state index in [2.05, 4.69) is 20.8 Å². The minimum atomic E-state index is 0.110. The van der Waals surface area contributed by atoms with Crippen molar-refractivity contribution < 1.29 is 4.79 Å². The molecule has 0 aromatic carbocycles. The standard InChI is InChI=1S/C14H19N5O/c20-14(11-4-3-7-15-10-11)16-8-6-13-18-17-12-5-1-2-9-19(12)13/h1-2,5,9,11,15H,3-4,6-8,10H2,(H,16,20). The first-order valence-electron chi connectivity index (χ1n) is 7.11. The minimum absolute atomic E-state index is 0.110. The van der Waals surface area contributed by atoms with Gasteiger partial charge in [-0.1, -0.05) is 6.07 Å². The second-order valence-electron chi connectivity index (χ2n) is 5.13. The van der Waals surface area contributed by atoms with Crippen LogP contribution in [0.4, 0.5) is 0 Å². The van der Waals surface area contributed by atoms with E-state index in [1.54, 1.807) is 0 Å². The van der Waals surface area contributed by atoms with Crippen LogP contribution in [0.2, 0.25) is 0 Å². The van der Waals surface area contributed by atoms with Crippen molar-refractivity contribution in [2.75, 3.05) is 19.6 Å². The quantitative estimate of drug-likeness (QED) is 0.845. The number of hydrogen-bond donors (Lipinski definition) is 2. The van der Waals surface area contributed by atoms with Crippen LogP contribution >= 0.6 is 0 Å². The second kappa shape index (κ2) is 6.00. The van der Waals surface area contributed by atoms with Crippen LogP contribution in [0.5, 0.6) is 0 Å². The van der Waals surface area contributed by atoms with Crippen LogP contribution in [0.3, 0.4) is 0 Å². The summed E-state index contributed by atoms with van der Waals surface area (Å²) in [5, 5.41) is 14.5. The number of pyridine rings is 1.